The van der Waals surface area contributed by atoms with Gasteiger partial charge in [0.05, 0.1) is 12.7 Å². The number of unbranched alkanes of at least 4 members (excludes halogenated alkanes) is 1. The first-order valence-electron chi connectivity index (χ1n) is 6.17. The molecule has 1 rings (SSSR count). The highest BCUT2D eigenvalue weighted by atomic mass is 16.2. The smallest absolute Gasteiger partial charge is 0.240 e. The first-order chi connectivity index (χ1) is 7.15. The summed E-state index contributed by atoms with van der Waals surface area (Å²) in [7, 11) is 0. The van der Waals surface area contributed by atoms with Crippen LogP contribution in [0, 0.1) is 5.92 Å². The van der Waals surface area contributed by atoms with Crippen molar-refractivity contribution in [2.45, 2.75) is 52.5 Å². The van der Waals surface area contributed by atoms with Crippen molar-refractivity contribution in [3.05, 3.63) is 0 Å². The normalized spacial score (nSPS) is 21.7. The van der Waals surface area contributed by atoms with Gasteiger partial charge in [0.1, 0.15) is 0 Å². The van der Waals surface area contributed by atoms with Crippen LogP contribution in [-0.2, 0) is 4.79 Å². The predicted octanol–water partition coefficient (Wildman–Crippen LogP) is 1.98. The number of amides is 1. The molecule has 0 saturated carbocycles. The fraction of sp³-hybridized carbons (Fsp3) is 0.917. The van der Waals surface area contributed by atoms with Crippen LogP contribution in [0.25, 0.3) is 0 Å². The van der Waals surface area contributed by atoms with Gasteiger partial charge in [0.2, 0.25) is 5.91 Å². The molecule has 3 heteroatoms. The Bertz CT molecular complexity index is 204. The Morgan fingerprint density at radius 2 is 2.27 bits per heavy atom. The highest BCUT2D eigenvalue weighted by molar-refractivity contribution is 5.83. The van der Waals surface area contributed by atoms with Gasteiger partial charge in [0.15, 0.2) is 0 Å². The number of carbonyl (C=O) groups excluding carboxylic acids is 1. The SMILES string of the molecule is CCCCC1NCN(CCC(C)C)C1=O. The molecule has 1 N–H and O–H groups in total. The second-order valence-corrected chi connectivity index (χ2v) is 4.84. The minimum Gasteiger partial charge on any atom is -0.329 e. The molecular formula is C12H24N2O. The fourth-order valence-electron chi connectivity index (χ4n) is 1.84. The van der Waals surface area contributed by atoms with Crippen molar-refractivity contribution >= 4 is 5.91 Å². The summed E-state index contributed by atoms with van der Waals surface area (Å²) in [5.41, 5.74) is 0. The Morgan fingerprint density at radius 1 is 1.53 bits per heavy atom. The average molecular weight is 212 g/mol. The highest BCUT2D eigenvalue weighted by Gasteiger charge is 2.29. The summed E-state index contributed by atoms with van der Waals surface area (Å²) in [6, 6.07) is 0.0945. The third-order valence-electron chi connectivity index (χ3n) is 2.96. The molecule has 0 bridgehead atoms. The Labute approximate surface area is 93.2 Å². The van der Waals surface area contributed by atoms with Crippen molar-refractivity contribution in [2.24, 2.45) is 5.92 Å². The lowest BCUT2D eigenvalue weighted by Crippen LogP contribution is -2.31. The van der Waals surface area contributed by atoms with Gasteiger partial charge < -0.3 is 4.90 Å². The van der Waals surface area contributed by atoms with E-state index in [0.29, 0.717) is 11.8 Å². The molecule has 1 saturated heterocycles. The summed E-state index contributed by atoms with van der Waals surface area (Å²) in [4.78, 5) is 13.8. The number of hydrogen-bond donors (Lipinski definition) is 1. The second kappa shape index (κ2) is 6.11. The molecule has 0 radical (unpaired) electrons. The van der Waals surface area contributed by atoms with Crippen LogP contribution in [0.2, 0.25) is 0 Å². The molecule has 15 heavy (non-hydrogen) atoms. The van der Waals surface area contributed by atoms with Crippen LogP contribution in [-0.4, -0.2) is 30.1 Å². The van der Waals surface area contributed by atoms with Gasteiger partial charge in [-0.25, -0.2) is 0 Å². The molecule has 0 aromatic rings. The number of rotatable bonds is 6. The van der Waals surface area contributed by atoms with Gasteiger partial charge in [-0.15, -0.1) is 0 Å². The number of hydrogen-bond acceptors (Lipinski definition) is 2. The van der Waals surface area contributed by atoms with E-state index in [1.165, 1.54) is 0 Å². The Balaban J connectivity index is 2.29. The first-order valence-corrected chi connectivity index (χ1v) is 6.17. The minimum absolute atomic E-state index is 0.0945. The van der Waals surface area contributed by atoms with Crippen LogP contribution in [0.3, 0.4) is 0 Å². The van der Waals surface area contributed by atoms with Crippen molar-refractivity contribution in [3.8, 4) is 0 Å². The molecule has 1 aliphatic heterocycles. The summed E-state index contributed by atoms with van der Waals surface area (Å²) in [6.07, 6.45) is 4.40. The van der Waals surface area contributed by atoms with Crippen LogP contribution < -0.4 is 5.32 Å². The Hall–Kier alpha value is -0.570. The molecule has 88 valence electrons. The lowest BCUT2D eigenvalue weighted by atomic mass is 10.1. The molecule has 0 spiro atoms. The first kappa shape index (κ1) is 12.5. The van der Waals surface area contributed by atoms with Crippen LogP contribution in [0.15, 0.2) is 0 Å². The largest absolute Gasteiger partial charge is 0.329 e. The molecule has 1 amide bonds. The van der Waals surface area contributed by atoms with Crippen LogP contribution in [0.1, 0.15) is 46.5 Å². The maximum absolute atomic E-state index is 11.9. The molecule has 3 nitrogen and oxygen atoms in total. The number of nitrogens with one attached hydrogen (secondary N) is 1. The monoisotopic (exact) mass is 212 g/mol. The topological polar surface area (TPSA) is 32.3 Å². The van der Waals surface area contributed by atoms with Gasteiger partial charge in [0.25, 0.3) is 0 Å². The van der Waals surface area contributed by atoms with E-state index in [4.69, 9.17) is 0 Å². The summed E-state index contributed by atoms with van der Waals surface area (Å²) in [5, 5.41) is 3.29. The molecule has 0 aromatic carbocycles. The maximum atomic E-state index is 11.9. The molecule has 1 atom stereocenters. The molecule has 1 unspecified atom stereocenters. The van der Waals surface area contributed by atoms with Gasteiger partial charge in [-0.2, -0.15) is 0 Å². The fourth-order valence-corrected chi connectivity index (χ4v) is 1.84. The Morgan fingerprint density at radius 3 is 2.87 bits per heavy atom. The van der Waals surface area contributed by atoms with E-state index in [0.717, 1.165) is 38.9 Å². The van der Waals surface area contributed by atoms with E-state index in [9.17, 15) is 4.79 Å². The zero-order valence-electron chi connectivity index (χ0n) is 10.3. The lowest BCUT2D eigenvalue weighted by molar-refractivity contribution is -0.129. The number of nitrogens with zero attached hydrogens (tertiary/aromatic N) is 1. The standard InChI is InChI=1S/C12H24N2O/c1-4-5-6-11-12(15)14(9-13-11)8-7-10(2)3/h10-11,13H,4-9H2,1-3H3. The molecule has 0 aliphatic carbocycles. The zero-order valence-corrected chi connectivity index (χ0v) is 10.3. The van der Waals surface area contributed by atoms with Gasteiger partial charge in [-0.05, 0) is 18.8 Å². The lowest BCUT2D eigenvalue weighted by Gasteiger charge is -2.16. The zero-order chi connectivity index (χ0) is 11.3. The molecule has 1 heterocycles. The van der Waals surface area contributed by atoms with Crippen LogP contribution in [0.5, 0.6) is 0 Å². The van der Waals surface area contributed by atoms with E-state index in [1.807, 2.05) is 4.90 Å². The van der Waals surface area contributed by atoms with Crippen molar-refractivity contribution < 1.29 is 4.79 Å². The molecule has 1 fully saturated rings. The minimum atomic E-state index is 0.0945. The van der Waals surface area contributed by atoms with Crippen molar-refractivity contribution in [1.82, 2.24) is 10.2 Å². The maximum Gasteiger partial charge on any atom is 0.240 e. The van der Waals surface area contributed by atoms with E-state index in [2.05, 4.69) is 26.1 Å². The molecular weight excluding hydrogens is 188 g/mol. The van der Waals surface area contributed by atoms with Gasteiger partial charge in [-0.1, -0.05) is 33.6 Å². The van der Waals surface area contributed by atoms with Gasteiger partial charge in [0, 0.05) is 6.54 Å². The summed E-state index contributed by atoms with van der Waals surface area (Å²) >= 11 is 0. The van der Waals surface area contributed by atoms with E-state index in [-0.39, 0.29) is 6.04 Å². The summed E-state index contributed by atoms with van der Waals surface area (Å²) in [6.45, 7) is 8.22. The Kier molecular flexibility index (Phi) is 5.09. The highest BCUT2D eigenvalue weighted by Crippen LogP contribution is 2.12. The molecule has 1 aliphatic rings. The van der Waals surface area contributed by atoms with Gasteiger partial charge >= 0.3 is 0 Å². The third kappa shape index (κ3) is 3.82. The van der Waals surface area contributed by atoms with E-state index < -0.39 is 0 Å². The summed E-state index contributed by atoms with van der Waals surface area (Å²) in [5.74, 6) is 0.983. The quantitative estimate of drug-likeness (QED) is 0.730. The van der Waals surface area contributed by atoms with Crippen LogP contribution >= 0.6 is 0 Å². The van der Waals surface area contributed by atoms with E-state index >= 15 is 0 Å². The van der Waals surface area contributed by atoms with Crippen LogP contribution in [0.4, 0.5) is 0 Å². The third-order valence-corrected chi connectivity index (χ3v) is 2.96. The van der Waals surface area contributed by atoms with Crippen molar-refractivity contribution in [2.75, 3.05) is 13.2 Å². The van der Waals surface area contributed by atoms with Gasteiger partial charge in [-0.3, -0.25) is 10.1 Å². The predicted molar refractivity (Wildman–Crippen MR) is 62.5 cm³/mol. The average Bonchev–Trinajstić information content (AvgIpc) is 2.54. The number of carbonyl (C=O) groups is 1. The van der Waals surface area contributed by atoms with Crippen molar-refractivity contribution in [1.29, 1.82) is 0 Å². The van der Waals surface area contributed by atoms with E-state index in [1.54, 1.807) is 0 Å². The van der Waals surface area contributed by atoms with Crippen molar-refractivity contribution in [3.63, 3.8) is 0 Å². The summed E-state index contributed by atoms with van der Waals surface area (Å²) < 4.78 is 0. The molecule has 0 aromatic heterocycles. The second-order valence-electron chi connectivity index (χ2n) is 4.84.